The lowest BCUT2D eigenvalue weighted by Gasteiger charge is -1.99. The zero-order valence-corrected chi connectivity index (χ0v) is 12.2. The number of hydrogen-bond acceptors (Lipinski definition) is 6. The summed E-state index contributed by atoms with van der Waals surface area (Å²) in [5.74, 6) is -0.190. The van der Waals surface area contributed by atoms with Gasteiger partial charge in [0.1, 0.15) is 4.88 Å². The summed E-state index contributed by atoms with van der Waals surface area (Å²) >= 11 is 5.78. The van der Waals surface area contributed by atoms with E-state index in [1.807, 2.05) is 6.92 Å². The summed E-state index contributed by atoms with van der Waals surface area (Å²) in [5, 5.41) is 7.26. The highest BCUT2D eigenvalue weighted by Gasteiger charge is 2.16. The number of carbonyl (C=O) groups excluding carboxylic acids is 1. The molecule has 0 spiro atoms. The number of halogens is 1. The van der Waals surface area contributed by atoms with Gasteiger partial charge in [0.2, 0.25) is 0 Å². The fourth-order valence-electron chi connectivity index (χ4n) is 1.25. The first-order valence-corrected chi connectivity index (χ1v) is 7.33. The summed E-state index contributed by atoms with van der Waals surface area (Å²) in [4.78, 5) is 16.6. The summed E-state index contributed by atoms with van der Waals surface area (Å²) in [6.07, 6.45) is 3.35. The van der Waals surface area contributed by atoms with E-state index in [0.717, 1.165) is 33.9 Å². The topological polar surface area (TPSA) is 67.8 Å². The molecule has 17 heavy (non-hydrogen) atoms. The molecule has 2 rings (SSSR count). The second-order valence-electron chi connectivity index (χ2n) is 3.22. The van der Waals surface area contributed by atoms with Gasteiger partial charge in [-0.1, -0.05) is 29.2 Å². The number of amides is 1. The molecule has 0 saturated carbocycles. The molecule has 0 aromatic carbocycles. The quantitative estimate of drug-likeness (QED) is 0.934. The van der Waals surface area contributed by atoms with E-state index in [0.29, 0.717) is 10.0 Å². The lowest BCUT2D eigenvalue weighted by molar-refractivity contribution is 0.102. The summed E-state index contributed by atoms with van der Waals surface area (Å²) < 4.78 is 4.69. The predicted molar refractivity (Wildman–Crippen MR) is 71.7 cm³/mol. The molecule has 0 unspecified atom stereocenters. The highest BCUT2D eigenvalue weighted by atomic mass is 79.9. The zero-order chi connectivity index (χ0) is 12.3. The van der Waals surface area contributed by atoms with Gasteiger partial charge in [-0.2, -0.15) is 0 Å². The van der Waals surface area contributed by atoms with E-state index in [1.54, 1.807) is 6.20 Å². The minimum atomic E-state index is -0.190. The Morgan fingerprint density at radius 3 is 3.06 bits per heavy atom. The maximum atomic E-state index is 12.0. The Balaban J connectivity index is 2.11. The molecule has 2 aromatic heterocycles. The van der Waals surface area contributed by atoms with Crippen molar-refractivity contribution in [3.63, 3.8) is 0 Å². The molecule has 0 bridgehead atoms. The summed E-state index contributed by atoms with van der Waals surface area (Å²) in [5.41, 5.74) is 0.755. The minimum Gasteiger partial charge on any atom is -0.297 e. The Morgan fingerprint density at radius 2 is 2.41 bits per heavy atom. The van der Waals surface area contributed by atoms with Crippen molar-refractivity contribution in [2.45, 2.75) is 19.8 Å². The molecule has 5 nitrogen and oxygen atoms in total. The number of carbonyl (C=O) groups is 1. The van der Waals surface area contributed by atoms with Crippen LogP contribution in [0.3, 0.4) is 0 Å². The van der Waals surface area contributed by atoms with Crippen LogP contribution in [0, 0.1) is 0 Å². The number of rotatable bonds is 4. The van der Waals surface area contributed by atoms with Gasteiger partial charge in [0, 0.05) is 0 Å². The van der Waals surface area contributed by atoms with Crippen molar-refractivity contribution in [3.05, 3.63) is 20.6 Å². The molecule has 1 N–H and O–H groups in total. The van der Waals surface area contributed by atoms with E-state index in [-0.39, 0.29) is 5.91 Å². The standard InChI is InChI=1S/C9H9BrN4OS2/c1-2-3-5-7(17-14-13-5)8(15)12-9-11-4-6(10)16-9/h4H,2-3H2,1H3,(H,11,12,15). The van der Waals surface area contributed by atoms with Gasteiger partial charge in [0.15, 0.2) is 5.13 Å². The third-order valence-corrected chi connectivity index (χ3v) is 4.11. The Kier molecular flexibility index (Phi) is 4.19. The van der Waals surface area contributed by atoms with Gasteiger partial charge >= 0.3 is 0 Å². The Hall–Kier alpha value is -0.860. The van der Waals surface area contributed by atoms with E-state index in [2.05, 4.69) is 35.8 Å². The van der Waals surface area contributed by atoms with Crippen LogP contribution in [-0.2, 0) is 6.42 Å². The van der Waals surface area contributed by atoms with Gasteiger partial charge < -0.3 is 0 Å². The molecule has 90 valence electrons. The molecule has 8 heteroatoms. The van der Waals surface area contributed by atoms with Crippen LogP contribution in [0.5, 0.6) is 0 Å². The van der Waals surface area contributed by atoms with Crippen LogP contribution in [0.2, 0.25) is 0 Å². The highest BCUT2D eigenvalue weighted by Crippen LogP contribution is 2.24. The molecule has 1 amide bonds. The Bertz CT molecular complexity index is 525. The monoisotopic (exact) mass is 332 g/mol. The molecular weight excluding hydrogens is 324 g/mol. The van der Waals surface area contributed by atoms with Crippen LogP contribution in [0.4, 0.5) is 5.13 Å². The van der Waals surface area contributed by atoms with Gasteiger partial charge in [-0.05, 0) is 33.9 Å². The van der Waals surface area contributed by atoms with Gasteiger partial charge in [-0.15, -0.1) is 5.10 Å². The molecule has 0 saturated heterocycles. The fraction of sp³-hybridized carbons (Fsp3) is 0.333. The van der Waals surface area contributed by atoms with Crippen LogP contribution in [-0.4, -0.2) is 20.5 Å². The number of anilines is 1. The predicted octanol–water partition coefficient (Wildman–Crippen LogP) is 2.96. The third kappa shape index (κ3) is 3.08. The normalized spacial score (nSPS) is 10.5. The van der Waals surface area contributed by atoms with Crippen LogP contribution in [0.15, 0.2) is 9.98 Å². The van der Waals surface area contributed by atoms with E-state index < -0.39 is 0 Å². The van der Waals surface area contributed by atoms with E-state index in [9.17, 15) is 4.79 Å². The van der Waals surface area contributed by atoms with Crippen molar-refractivity contribution in [3.8, 4) is 0 Å². The van der Waals surface area contributed by atoms with Gasteiger partial charge in [0.05, 0.1) is 15.7 Å². The number of hydrogen-bond donors (Lipinski definition) is 1. The molecule has 0 atom stereocenters. The zero-order valence-electron chi connectivity index (χ0n) is 8.94. The van der Waals surface area contributed by atoms with Crippen LogP contribution in [0.25, 0.3) is 0 Å². The molecular formula is C9H9BrN4OS2. The average Bonchev–Trinajstić information content (AvgIpc) is 2.88. The van der Waals surface area contributed by atoms with Gasteiger partial charge in [-0.25, -0.2) is 4.98 Å². The fourth-order valence-corrected chi connectivity index (χ4v) is 2.95. The lowest BCUT2D eigenvalue weighted by atomic mass is 10.2. The SMILES string of the molecule is CCCc1nnsc1C(=O)Nc1ncc(Br)s1. The van der Waals surface area contributed by atoms with Gasteiger partial charge in [-0.3, -0.25) is 10.1 Å². The van der Waals surface area contributed by atoms with Crippen LogP contribution < -0.4 is 5.32 Å². The summed E-state index contributed by atoms with van der Waals surface area (Å²) in [7, 11) is 0. The number of thiazole rings is 1. The average molecular weight is 333 g/mol. The van der Waals surface area contributed by atoms with Crippen LogP contribution in [0.1, 0.15) is 28.7 Å². The van der Waals surface area contributed by atoms with E-state index in [1.165, 1.54) is 11.3 Å². The highest BCUT2D eigenvalue weighted by molar-refractivity contribution is 9.11. The summed E-state index contributed by atoms with van der Waals surface area (Å²) in [6, 6.07) is 0. The number of nitrogens with one attached hydrogen (secondary N) is 1. The molecule has 0 fully saturated rings. The minimum absolute atomic E-state index is 0.190. The summed E-state index contributed by atoms with van der Waals surface area (Å²) in [6.45, 7) is 2.04. The lowest BCUT2D eigenvalue weighted by Crippen LogP contribution is -2.12. The van der Waals surface area contributed by atoms with Crippen molar-refractivity contribution < 1.29 is 4.79 Å². The molecule has 2 aromatic rings. The van der Waals surface area contributed by atoms with Gasteiger partial charge in [0.25, 0.3) is 5.91 Å². The molecule has 0 aliphatic heterocycles. The second kappa shape index (κ2) is 5.65. The smallest absolute Gasteiger partial charge is 0.271 e. The first-order chi connectivity index (χ1) is 8.20. The van der Waals surface area contributed by atoms with Crippen molar-refractivity contribution in [2.75, 3.05) is 5.32 Å². The van der Waals surface area contributed by atoms with Crippen molar-refractivity contribution in [2.24, 2.45) is 0 Å². The number of nitrogens with zero attached hydrogens (tertiary/aromatic N) is 3. The molecule has 0 aliphatic carbocycles. The van der Waals surface area contributed by atoms with Crippen LogP contribution >= 0.6 is 38.8 Å². The van der Waals surface area contributed by atoms with Crippen molar-refractivity contribution >= 4 is 49.8 Å². The number of aryl methyl sites for hydroxylation is 1. The molecule has 0 aliphatic rings. The largest absolute Gasteiger partial charge is 0.297 e. The first kappa shape index (κ1) is 12.6. The number of aromatic nitrogens is 3. The first-order valence-electron chi connectivity index (χ1n) is 4.94. The third-order valence-electron chi connectivity index (χ3n) is 1.95. The van der Waals surface area contributed by atoms with E-state index >= 15 is 0 Å². The Morgan fingerprint density at radius 1 is 1.59 bits per heavy atom. The maximum Gasteiger partial charge on any atom is 0.271 e. The van der Waals surface area contributed by atoms with Crippen molar-refractivity contribution in [1.82, 2.24) is 14.6 Å². The molecule has 2 heterocycles. The second-order valence-corrected chi connectivity index (χ2v) is 6.39. The Labute approximate surface area is 115 Å². The van der Waals surface area contributed by atoms with E-state index in [4.69, 9.17) is 0 Å². The van der Waals surface area contributed by atoms with Crippen molar-refractivity contribution in [1.29, 1.82) is 0 Å². The maximum absolute atomic E-state index is 12.0. The molecule has 0 radical (unpaired) electrons.